The second kappa shape index (κ2) is 45.3. The number of allylic oxidation sites excluding steroid dienone is 1. The Morgan fingerprint density at radius 2 is 0.654 bits per heavy atom. The molecule has 9 rings (SSSR count). The van der Waals surface area contributed by atoms with Crippen molar-refractivity contribution in [1.29, 1.82) is 0 Å². The van der Waals surface area contributed by atoms with Gasteiger partial charge in [-0.2, -0.15) is 0 Å². The summed E-state index contributed by atoms with van der Waals surface area (Å²) in [4.78, 5) is 0. The highest BCUT2D eigenvalue weighted by Gasteiger charge is 2.18. The summed E-state index contributed by atoms with van der Waals surface area (Å²) in [6.45, 7) is 49.9. The highest BCUT2D eigenvalue weighted by Crippen LogP contribution is 2.45. The molecule has 420 valence electrons. The number of benzene rings is 9. The number of unbranched alkanes of at least 4 members (excludes halogenated alkanes) is 1. The van der Waals surface area contributed by atoms with E-state index in [1.165, 1.54) is 113 Å². The molecule has 0 bridgehead atoms. The van der Waals surface area contributed by atoms with Gasteiger partial charge in [0.15, 0.2) is 0 Å². The maximum Gasteiger partial charge on any atom is -0.00259 e. The second-order valence-electron chi connectivity index (χ2n) is 18.4. The molecule has 0 saturated carbocycles. The minimum atomic E-state index is 0.833. The van der Waals surface area contributed by atoms with E-state index in [4.69, 9.17) is 0 Å². The van der Waals surface area contributed by atoms with Crippen molar-refractivity contribution in [3.8, 4) is 44.5 Å². The predicted molar refractivity (Wildman–Crippen MR) is 364 cm³/mol. The van der Waals surface area contributed by atoms with Gasteiger partial charge in [-0.05, 0) is 148 Å². The maximum atomic E-state index is 4.20. The monoisotopic (exact) mass is 1040 g/mol. The molecule has 0 aliphatic carbocycles. The Hall–Kier alpha value is -6.76. The Bertz CT molecular complexity index is 2760. The molecule has 0 amide bonds. The van der Waals surface area contributed by atoms with Crippen LogP contribution in [0.25, 0.3) is 71.6 Å². The fourth-order valence-corrected chi connectivity index (χ4v) is 7.48. The van der Waals surface area contributed by atoms with E-state index in [9.17, 15) is 0 Å². The number of aryl methyl sites for hydroxylation is 4. The molecule has 78 heavy (non-hydrogen) atoms. The Labute approximate surface area is 481 Å². The lowest BCUT2D eigenvalue weighted by Crippen LogP contribution is -1.92. The number of rotatable bonds is 6. The van der Waals surface area contributed by atoms with Gasteiger partial charge in [0.2, 0.25) is 0 Å². The van der Waals surface area contributed by atoms with Crippen molar-refractivity contribution < 1.29 is 0 Å². The van der Waals surface area contributed by atoms with E-state index < -0.39 is 0 Å². The van der Waals surface area contributed by atoms with Gasteiger partial charge in [0.05, 0.1) is 0 Å². The minimum Gasteiger partial charge on any atom is -0.0955 e. The zero-order valence-electron chi connectivity index (χ0n) is 53.5. The van der Waals surface area contributed by atoms with Crippen LogP contribution in [0.5, 0.6) is 0 Å². The summed E-state index contributed by atoms with van der Waals surface area (Å²) in [5, 5.41) is 5.02. The molecule has 0 nitrogen and oxygen atoms in total. The average molecular weight is 1050 g/mol. The molecule has 0 heteroatoms. The van der Waals surface area contributed by atoms with Crippen molar-refractivity contribution in [2.45, 2.75) is 172 Å². The Kier molecular flexibility index (Phi) is 42.6. The lowest BCUT2D eigenvalue weighted by Gasteiger charge is -2.19. The highest BCUT2D eigenvalue weighted by molar-refractivity contribution is 6.21. The van der Waals surface area contributed by atoms with Crippen LogP contribution in [-0.4, -0.2) is 0 Å². The lowest BCUT2D eigenvalue weighted by molar-refractivity contribution is 0.737. The predicted octanol–water partition coefficient (Wildman–Crippen LogP) is 26.3. The van der Waals surface area contributed by atoms with Gasteiger partial charge in [-0.25, -0.2) is 0 Å². The van der Waals surface area contributed by atoms with Crippen LogP contribution < -0.4 is 0 Å². The third kappa shape index (κ3) is 26.1. The molecule has 0 aliphatic heterocycles. The van der Waals surface area contributed by atoms with E-state index in [1.54, 1.807) is 0 Å². The zero-order valence-corrected chi connectivity index (χ0v) is 53.5. The van der Waals surface area contributed by atoms with Crippen molar-refractivity contribution in [2.75, 3.05) is 0 Å². The summed E-state index contributed by atoms with van der Waals surface area (Å²) < 4.78 is 0. The molecule has 0 N–H and O–H groups in total. The summed E-state index contributed by atoms with van der Waals surface area (Å²) in [6, 6.07) is 71.7. The summed E-state index contributed by atoms with van der Waals surface area (Å²) in [6.07, 6.45) is 3.89. The normalized spacial score (nSPS) is 9.22. The van der Waals surface area contributed by atoms with Gasteiger partial charge in [-0.15, -0.1) is 0 Å². The van der Waals surface area contributed by atoms with Gasteiger partial charge < -0.3 is 0 Å². The van der Waals surface area contributed by atoms with Gasteiger partial charge in [0.25, 0.3) is 0 Å². The molecule has 9 aromatic rings. The molecule has 0 saturated heterocycles. The van der Waals surface area contributed by atoms with Crippen molar-refractivity contribution in [3.63, 3.8) is 0 Å². The van der Waals surface area contributed by atoms with Crippen molar-refractivity contribution in [2.24, 2.45) is 5.92 Å². The summed E-state index contributed by atoms with van der Waals surface area (Å²) >= 11 is 0. The molecule has 0 aliphatic rings. The van der Waals surface area contributed by atoms with Crippen LogP contribution in [0.3, 0.4) is 0 Å². The van der Waals surface area contributed by atoms with Crippen molar-refractivity contribution in [3.05, 3.63) is 235 Å². The maximum absolute atomic E-state index is 4.20. The van der Waals surface area contributed by atoms with E-state index >= 15 is 0 Å². The molecule has 0 radical (unpaired) electrons. The Balaban J connectivity index is 0. The number of hydrogen-bond acceptors (Lipinski definition) is 0. The topological polar surface area (TPSA) is 0 Å². The van der Waals surface area contributed by atoms with E-state index in [0.29, 0.717) is 0 Å². The third-order valence-corrected chi connectivity index (χ3v) is 11.1. The van der Waals surface area contributed by atoms with Crippen molar-refractivity contribution >= 4 is 27.1 Å². The smallest absolute Gasteiger partial charge is 0.00259 e. The summed E-state index contributed by atoms with van der Waals surface area (Å²) in [5.41, 5.74) is 17.5. The van der Waals surface area contributed by atoms with Crippen LogP contribution in [-0.2, 0) is 0 Å². The van der Waals surface area contributed by atoms with E-state index in [2.05, 4.69) is 272 Å². The largest absolute Gasteiger partial charge is 0.0955 e. The van der Waals surface area contributed by atoms with Crippen LogP contribution in [0.15, 0.2) is 207 Å². The second-order valence-corrected chi connectivity index (χ2v) is 18.4. The van der Waals surface area contributed by atoms with E-state index in [1.807, 2.05) is 87.4 Å². The summed E-state index contributed by atoms with van der Waals surface area (Å²) in [7, 11) is 0. The fourth-order valence-electron chi connectivity index (χ4n) is 7.48. The molecule has 0 atom stereocenters. The van der Waals surface area contributed by atoms with Gasteiger partial charge in [0.1, 0.15) is 0 Å². The van der Waals surface area contributed by atoms with Crippen LogP contribution in [0.2, 0.25) is 0 Å². The molecule has 0 spiro atoms. The molecule has 0 aromatic heterocycles. The standard InChI is InChI=1S/C41H30.C9H12.C7H8.2C4H10.C3H8.5C2H6/c1-28(2)31-18-13-19-32(24-31)40-36-20-9-11-22-38(36)41(39-23-12-10-21-37(39)40)35-26-33(29-14-5-3-6-15-29)25-34(27-35)30-16-7-4-8-17-30;1-7-4-5-8(2)9(3)6-7;1-7-5-3-2-4-6-7;1-4(2)3;1-3-4-2;1-3-2;5*1-2/h3-27H,1H2,2H3;4-6H,1-3H3;2-6H,1H3;4H,1-3H3;3-4H2,1-2H3;3H2,1-2H3;5*1-2H3. The lowest BCUT2D eigenvalue weighted by atomic mass is 9.84. The Morgan fingerprint density at radius 1 is 0.333 bits per heavy atom. The SMILES string of the molecule is C=C(C)c1cccc(-c2c3ccccc3c(-c3cc(-c4ccccc4)cc(-c4ccccc4)c3)c3ccccc23)c1.CC.CC.CC.CC.CC.CC(C)C.CCC.CCCC.Cc1ccc(C)c(C)c1.Cc1ccccc1. The molecule has 0 heterocycles. The third-order valence-electron chi connectivity index (χ3n) is 11.1. The number of fused-ring (bicyclic) bond motifs is 2. The fraction of sp³-hybridized carbons (Fsp3) is 0.333. The van der Waals surface area contributed by atoms with Gasteiger partial charge in [0, 0.05) is 0 Å². The van der Waals surface area contributed by atoms with Crippen LogP contribution in [0.4, 0.5) is 0 Å². The van der Waals surface area contributed by atoms with Crippen LogP contribution in [0.1, 0.15) is 172 Å². The highest BCUT2D eigenvalue weighted by atomic mass is 14.2. The molecular weight excluding hydrogens is 937 g/mol. The van der Waals surface area contributed by atoms with E-state index in [0.717, 1.165) is 11.5 Å². The first-order valence-corrected chi connectivity index (χ1v) is 29.8. The quantitative estimate of drug-likeness (QED) is 0.146. The van der Waals surface area contributed by atoms with Gasteiger partial charge >= 0.3 is 0 Å². The molecule has 0 unspecified atom stereocenters. The molecule has 0 fully saturated rings. The van der Waals surface area contributed by atoms with Crippen molar-refractivity contribution in [1.82, 2.24) is 0 Å². The molecular formula is C78H108. The first-order chi connectivity index (χ1) is 37.8. The minimum absolute atomic E-state index is 0.833. The molecule has 9 aromatic carbocycles. The van der Waals surface area contributed by atoms with Gasteiger partial charge in [-0.1, -0.05) is 336 Å². The summed E-state index contributed by atoms with van der Waals surface area (Å²) in [5.74, 6) is 0.833. The van der Waals surface area contributed by atoms with E-state index in [-0.39, 0.29) is 0 Å². The number of hydrogen-bond donors (Lipinski definition) is 0. The van der Waals surface area contributed by atoms with Crippen LogP contribution >= 0.6 is 0 Å². The zero-order chi connectivity index (χ0) is 59.4. The first kappa shape index (κ1) is 73.3. The average Bonchev–Trinajstić information content (AvgIpc) is 3.49. The first-order valence-electron chi connectivity index (χ1n) is 29.8. The van der Waals surface area contributed by atoms with Crippen LogP contribution in [0, 0.1) is 33.6 Å². The Morgan fingerprint density at radius 3 is 0.962 bits per heavy atom. The van der Waals surface area contributed by atoms with Gasteiger partial charge in [-0.3, -0.25) is 0 Å².